The predicted molar refractivity (Wildman–Crippen MR) is 62.4 cm³/mol. The summed E-state index contributed by atoms with van der Waals surface area (Å²) < 4.78 is 43.1. The van der Waals surface area contributed by atoms with E-state index >= 15 is 0 Å². The number of H-pyrrole nitrogens is 1. The molecule has 0 aliphatic carbocycles. The maximum Gasteiger partial charge on any atom is 0.417 e. The Kier molecular flexibility index (Phi) is 3.47. The molecule has 104 valence electrons. The van der Waals surface area contributed by atoms with Crippen molar-refractivity contribution < 1.29 is 17.9 Å². The molecule has 0 bridgehead atoms. The van der Waals surface area contributed by atoms with Crippen LogP contribution in [0.25, 0.3) is 0 Å². The molecule has 20 heavy (non-hydrogen) atoms. The number of halogens is 3. The molecule has 0 fully saturated rings. The fourth-order valence-electron chi connectivity index (χ4n) is 1.48. The number of hydrogen-bond donors (Lipinski definition) is 2. The van der Waals surface area contributed by atoms with E-state index in [0.717, 1.165) is 12.1 Å². The summed E-state index contributed by atoms with van der Waals surface area (Å²) in [5, 5.41) is 17.4. The quantitative estimate of drug-likeness (QED) is 0.903. The average Bonchev–Trinajstić information content (AvgIpc) is 2.85. The second kappa shape index (κ2) is 5.08. The van der Waals surface area contributed by atoms with Crippen molar-refractivity contribution in [2.75, 3.05) is 12.4 Å². The SMILES string of the molecule is COc1n[nH]c(Nc2ccc(C#N)c(C(F)(F)F)c2)n1. The Morgan fingerprint density at radius 2 is 2.15 bits per heavy atom. The molecule has 0 spiro atoms. The lowest BCUT2D eigenvalue weighted by Crippen LogP contribution is -2.08. The van der Waals surface area contributed by atoms with Gasteiger partial charge in [0.1, 0.15) is 0 Å². The van der Waals surface area contributed by atoms with E-state index in [2.05, 4.69) is 20.5 Å². The lowest BCUT2D eigenvalue weighted by molar-refractivity contribution is -0.137. The van der Waals surface area contributed by atoms with Crippen molar-refractivity contribution in [1.29, 1.82) is 5.26 Å². The first kappa shape index (κ1) is 13.7. The van der Waals surface area contributed by atoms with Crippen LogP contribution in [0.4, 0.5) is 24.8 Å². The van der Waals surface area contributed by atoms with Gasteiger partial charge in [-0.2, -0.15) is 23.4 Å². The lowest BCUT2D eigenvalue weighted by Gasteiger charge is -2.10. The molecule has 2 N–H and O–H groups in total. The molecule has 6 nitrogen and oxygen atoms in total. The largest absolute Gasteiger partial charge is 0.466 e. The van der Waals surface area contributed by atoms with Gasteiger partial charge in [0.05, 0.1) is 24.3 Å². The molecule has 0 aliphatic rings. The highest BCUT2D eigenvalue weighted by molar-refractivity contribution is 5.58. The normalized spacial score (nSPS) is 10.9. The highest BCUT2D eigenvalue weighted by Crippen LogP contribution is 2.33. The first-order valence-corrected chi connectivity index (χ1v) is 5.29. The summed E-state index contributed by atoms with van der Waals surface area (Å²) in [5.74, 6) is 0.125. The van der Waals surface area contributed by atoms with Crippen LogP contribution in [0, 0.1) is 11.3 Å². The van der Waals surface area contributed by atoms with E-state index in [0.29, 0.717) is 0 Å². The predicted octanol–water partition coefficient (Wildman–Crippen LogP) is 2.45. The molecule has 2 aromatic rings. The van der Waals surface area contributed by atoms with Crippen LogP contribution >= 0.6 is 0 Å². The number of hydrogen-bond acceptors (Lipinski definition) is 5. The molecule has 0 radical (unpaired) electrons. The van der Waals surface area contributed by atoms with Crippen LogP contribution in [-0.2, 0) is 6.18 Å². The van der Waals surface area contributed by atoms with Crippen molar-refractivity contribution in [2.24, 2.45) is 0 Å². The Bertz CT molecular complexity index is 659. The van der Waals surface area contributed by atoms with E-state index in [9.17, 15) is 13.2 Å². The van der Waals surface area contributed by atoms with Crippen molar-refractivity contribution in [2.45, 2.75) is 6.18 Å². The van der Waals surface area contributed by atoms with Crippen LogP contribution in [0.15, 0.2) is 18.2 Å². The molecule has 2 rings (SSSR count). The third kappa shape index (κ3) is 2.80. The maximum atomic E-state index is 12.8. The van der Waals surface area contributed by atoms with Gasteiger partial charge in [-0.1, -0.05) is 0 Å². The van der Waals surface area contributed by atoms with Crippen LogP contribution in [0.3, 0.4) is 0 Å². The summed E-state index contributed by atoms with van der Waals surface area (Å²) in [7, 11) is 1.36. The number of alkyl halides is 3. The van der Waals surface area contributed by atoms with Gasteiger partial charge in [-0.05, 0) is 18.2 Å². The molecule has 1 aromatic heterocycles. The van der Waals surface area contributed by atoms with E-state index in [-0.39, 0.29) is 17.6 Å². The maximum absolute atomic E-state index is 12.8. The molecule has 9 heteroatoms. The zero-order chi connectivity index (χ0) is 14.8. The van der Waals surface area contributed by atoms with Crippen molar-refractivity contribution in [3.05, 3.63) is 29.3 Å². The highest BCUT2D eigenvalue weighted by Gasteiger charge is 2.33. The molecule has 1 heterocycles. The summed E-state index contributed by atoms with van der Waals surface area (Å²) in [6, 6.07) is 4.80. The first-order chi connectivity index (χ1) is 9.44. The Balaban J connectivity index is 2.32. The summed E-state index contributed by atoms with van der Waals surface area (Å²) in [6.07, 6.45) is -4.61. The van der Waals surface area contributed by atoms with Gasteiger partial charge < -0.3 is 10.1 Å². The first-order valence-electron chi connectivity index (χ1n) is 5.29. The minimum Gasteiger partial charge on any atom is -0.466 e. The van der Waals surface area contributed by atoms with E-state index < -0.39 is 17.3 Å². The van der Waals surface area contributed by atoms with E-state index in [1.807, 2.05) is 0 Å². The number of benzene rings is 1. The Hall–Kier alpha value is -2.76. The van der Waals surface area contributed by atoms with Crippen molar-refractivity contribution in [1.82, 2.24) is 15.2 Å². The number of aromatic nitrogens is 3. The molecular formula is C11H8F3N5O. The number of nitrogens with one attached hydrogen (secondary N) is 2. The standard InChI is InChI=1S/C11H8F3N5O/c1-20-10-17-9(18-19-10)16-7-3-2-6(5-15)8(4-7)11(12,13)14/h2-4H,1H3,(H2,16,17,18,19). The fraction of sp³-hybridized carbons (Fsp3) is 0.182. The van der Waals surface area contributed by atoms with Gasteiger partial charge in [-0.3, -0.25) is 0 Å². The highest BCUT2D eigenvalue weighted by atomic mass is 19.4. The summed E-state index contributed by atoms with van der Waals surface area (Å²) >= 11 is 0. The third-order valence-corrected chi connectivity index (χ3v) is 2.36. The lowest BCUT2D eigenvalue weighted by atomic mass is 10.1. The van der Waals surface area contributed by atoms with Crippen LogP contribution in [-0.4, -0.2) is 22.3 Å². The number of anilines is 2. The van der Waals surface area contributed by atoms with Gasteiger partial charge in [-0.25, -0.2) is 5.10 Å². The fourth-order valence-corrected chi connectivity index (χ4v) is 1.48. The van der Waals surface area contributed by atoms with Crippen LogP contribution in [0.2, 0.25) is 0 Å². The Morgan fingerprint density at radius 1 is 1.40 bits per heavy atom. The Morgan fingerprint density at radius 3 is 2.70 bits per heavy atom. The molecule has 0 saturated heterocycles. The van der Waals surface area contributed by atoms with Crippen LogP contribution in [0.5, 0.6) is 6.01 Å². The number of ether oxygens (including phenoxy) is 1. The third-order valence-electron chi connectivity index (χ3n) is 2.36. The molecule has 0 saturated carbocycles. The van der Waals surface area contributed by atoms with Crippen molar-refractivity contribution >= 4 is 11.6 Å². The van der Waals surface area contributed by atoms with E-state index in [1.165, 1.54) is 19.2 Å². The summed E-state index contributed by atoms with van der Waals surface area (Å²) in [6.45, 7) is 0. The number of nitriles is 1. The molecule has 0 unspecified atom stereocenters. The second-order valence-electron chi connectivity index (χ2n) is 3.67. The van der Waals surface area contributed by atoms with Crippen LogP contribution in [0.1, 0.15) is 11.1 Å². The molecule has 0 aliphatic heterocycles. The topological polar surface area (TPSA) is 86.6 Å². The minimum atomic E-state index is -4.61. The zero-order valence-electron chi connectivity index (χ0n) is 10.1. The molecule has 0 atom stereocenters. The minimum absolute atomic E-state index is 0.0530. The average molecular weight is 283 g/mol. The van der Waals surface area contributed by atoms with Gasteiger partial charge in [-0.15, -0.1) is 5.10 Å². The van der Waals surface area contributed by atoms with Gasteiger partial charge in [0.25, 0.3) is 0 Å². The number of nitrogens with zero attached hydrogens (tertiary/aromatic N) is 3. The van der Waals surface area contributed by atoms with Gasteiger partial charge in [0, 0.05) is 5.69 Å². The number of aromatic amines is 1. The van der Waals surface area contributed by atoms with Gasteiger partial charge >= 0.3 is 12.2 Å². The summed E-state index contributed by atoms with van der Waals surface area (Å²) in [5.41, 5.74) is -1.34. The number of rotatable bonds is 3. The van der Waals surface area contributed by atoms with Gasteiger partial charge in [0.2, 0.25) is 5.95 Å². The van der Waals surface area contributed by atoms with Crippen molar-refractivity contribution in [3.8, 4) is 12.1 Å². The number of methoxy groups -OCH3 is 1. The molecule has 1 aromatic carbocycles. The van der Waals surface area contributed by atoms with Crippen LogP contribution < -0.4 is 10.1 Å². The second-order valence-corrected chi connectivity index (χ2v) is 3.67. The smallest absolute Gasteiger partial charge is 0.417 e. The van der Waals surface area contributed by atoms with Gasteiger partial charge in [0.15, 0.2) is 0 Å². The molecular weight excluding hydrogens is 275 g/mol. The van der Waals surface area contributed by atoms with E-state index in [1.54, 1.807) is 0 Å². The molecule has 0 amide bonds. The van der Waals surface area contributed by atoms with Crippen molar-refractivity contribution in [3.63, 3.8) is 0 Å². The summed E-state index contributed by atoms with van der Waals surface area (Å²) in [4.78, 5) is 3.81. The van der Waals surface area contributed by atoms with E-state index in [4.69, 9.17) is 10.00 Å². The Labute approximate surface area is 111 Å². The zero-order valence-corrected chi connectivity index (χ0v) is 10.1. The monoisotopic (exact) mass is 283 g/mol.